The molecular formula is C17H20F3NO4. The molecule has 0 amide bonds. The Labute approximate surface area is 143 Å². The second-order valence-electron chi connectivity index (χ2n) is 5.98. The highest BCUT2D eigenvalue weighted by atomic mass is 19.2. The van der Waals surface area contributed by atoms with Crippen LogP contribution in [0, 0.1) is 17.5 Å². The largest absolute Gasteiger partial charge is 0.506 e. The van der Waals surface area contributed by atoms with Crippen LogP contribution in [0.15, 0.2) is 16.6 Å². The zero-order chi connectivity index (χ0) is 19.4. The minimum absolute atomic E-state index is 0.0114. The van der Waals surface area contributed by atoms with E-state index in [9.17, 15) is 23.1 Å². The number of rotatable bonds is 5. The summed E-state index contributed by atoms with van der Waals surface area (Å²) in [6, 6.07) is 0.423. The Morgan fingerprint density at radius 2 is 1.88 bits per heavy atom. The number of hydrogen-bond acceptors (Lipinski definition) is 5. The van der Waals surface area contributed by atoms with Crippen molar-refractivity contribution in [1.82, 2.24) is 0 Å². The highest BCUT2D eigenvalue weighted by Gasteiger charge is 2.25. The van der Waals surface area contributed by atoms with Crippen LogP contribution in [0.5, 0.6) is 5.75 Å². The third-order valence-electron chi connectivity index (χ3n) is 2.91. The zero-order valence-corrected chi connectivity index (χ0v) is 14.6. The molecule has 0 unspecified atom stereocenters. The van der Waals surface area contributed by atoms with Gasteiger partial charge in [-0.25, -0.2) is 13.6 Å². The molecule has 0 aromatic heterocycles. The van der Waals surface area contributed by atoms with E-state index in [-0.39, 0.29) is 6.61 Å². The molecule has 0 spiro atoms. The van der Waals surface area contributed by atoms with Crippen LogP contribution in [0.3, 0.4) is 0 Å². The topological polar surface area (TPSA) is 68.1 Å². The van der Waals surface area contributed by atoms with E-state index in [2.05, 4.69) is 9.73 Å². The van der Waals surface area contributed by atoms with Crippen LogP contribution in [-0.2, 0) is 9.53 Å². The van der Waals surface area contributed by atoms with Gasteiger partial charge in [0.25, 0.3) is 0 Å². The van der Waals surface area contributed by atoms with Crippen molar-refractivity contribution in [2.24, 2.45) is 4.99 Å². The Balaban J connectivity index is 3.64. The van der Waals surface area contributed by atoms with Crippen molar-refractivity contribution in [3.63, 3.8) is 0 Å². The van der Waals surface area contributed by atoms with Crippen LogP contribution in [0.25, 0.3) is 5.76 Å². The van der Waals surface area contributed by atoms with Crippen molar-refractivity contribution in [3.8, 4) is 5.75 Å². The Morgan fingerprint density at radius 3 is 2.36 bits per heavy atom. The Bertz CT molecular complexity index is 722. The van der Waals surface area contributed by atoms with Crippen molar-refractivity contribution >= 4 is 17.9 Å². The lowest BCUT2D eigenvalue weighted by atomic mass is 10.1. The van der Waals surface area contributed by atoms with Crippen molar-refractivity contribution in [2.75, 3.05) is 13.7 Å². The molecular weight excluding hydrogens is 339 g/mol. The molecule has 0 bridgehead atoms. The van der Waals surface area contributed by atoms with Gasteiger partial charge in [-0.1, -0.05) is 0 Å². The van der Waals surface area contributed by atoms with E-state index in [0.29, 0.717) is 6.07 Å². The number of halogens is 3. The predicted molar refractivity (Wildman–Crippen MR) is 87.3 cm³/mol. The van der Waals surface area contributed by atoms with Gasteiger partial charge in [-0.05, 0) is 33.8 Å². The smallest absolute Gasteiger partial charge is 0.343 e. The molecule has 0 aliphatic heterocycles. The van der Waals surface area contributed by atoms with Gasteiger partial charge in [0, 0.05) is 6.21 Å². The molecule has 0 saturated heterocycles. The summed E-state index contributed by atoms with van der Waals surface area (Å²) in [7, 11) is 0.943. The Hall–Kier alpha value is -2.51. The maximum Gasteiger partial charge on any atom is 0.343 e. The zero-order valence-electron chi connectivity index (χ0n) is 14.6. The molecule has 8 heteroatoms. The molecule has 0 saturated carbocycles. The maximum atomic E-state index is 14.3. The molecule has 1 aromatic rings. The van der Waals surface area contributed by atoms with Crippen LogP contribution >= 0.6 is 0 Å². The molecule has 138 valence electrons. The van der Waals surface area contributed by atoms with Crippen molar-refractivity contribution in [3.05, 3.63) is 34.7 Å². The monoisotopic (exact) mass is 359 g/mol. The first kappa shape index (κ1) is 20.5. The second kappa shape index (κ2) is 8.04. The van der Waals surface area contributed by atoms with E-state index >= 15 is 0 Å². The number of carbonyl (C=O) groups excluding carboxylic acids is 1. The van der Waals surface area contributed by atoms with E-state index in [1.165, 1.54) is 6.92 Å². The van der Waals surface area contributed by atoms with Gasteiger partial charge in [-0.15, -0.1) is 0 Å². The SMILES string of the molecule is CCOC(=O)C(C=NC(C)(C)C)=C(O)c1cc(F)c(F)c(OC)c1F. The summed E-state index contributed by atoms with van der Waals surface area (Å²) in [6.07, 6.45) is 1.00. The summed E-state index contributed by atoms with van der Waals surface area (Å²) >= 11 is 0. The van der Waals surface area contributed by atoms with Crippen molar-refractivity contribution < 1.29 is 32.5 Å². The van der Waals surface area contributed by atoms with E-state index in [4.69, 9.17) is 4.74 Å². The van der Waals surface area contributed by atoms with Crippen LogP contribution < -0.4 is 4.74 Å². The molecule has 1 aromatic carbocycles. The number of aliphatic hydroxyl groups is 1. The van der Waals surface area contributed by atoms with Crippen LogP contribution in [0.2, 0.25) is 0 Å². The van der Waals surface area contributed by atoms with E-state index in [0.717, 1.165) is 13.3 Å². The average Bonchev–Trinajstić information content (AvgIpc) is 2.50. The predicted octanol–water partition coefficient (Wildman–Crippen LogP) is 3.81. The van der Waals surface area contributed by atoms with Gasteiger partial charge < -0.3 is 14.6 Å². The Morgan fingerprint density at radius 1 is 1.28 bits per heavy atom. The summed E-state index contributed by atoms with van der Waals surface area (Å²) in [5.41, 5.74) is -1.86. The summed E-state index contributed by atoms with van der Waals surface area (Å²) in [5.74, 6) is -7.30. The van der Waals surface area contributed by atoms with Gasteiger partial charge in [0.15, 0.2) is 17.4 Å². The summed E-state index contributed by atoms with van der Waals surface area (Å²) in [6.45, 7) is 6.71. The normalized spacial score (nSPS) is 13.0. The fourth-order valence-electron chi connectivity index (χ4n) is 1.75. The van der Waals surface area contributed by atoms with Crippen molar-refractivity contribution in [2.45, 2.75) is 33.2 Å². The van der Waals surface area contributed by atoms with E-state index in [1.807, 2.05) is 0 Å². The molecule has 1 rings (SSSR count). The standard InChI is InChI=1S/C17H20F3NO4/c1-6-25-16(23)10(8-21-17(2,3)4)14(22)9-7-11(18)13(20)15(24-5)12(9)19/h7-8,22H,6H2,1-5H3. The maximum absolute atomic E-state index is 14.3. The number of ether oxygens (including phenoxy) is 2. The van der Waals surface area contributed by atoms with Crippen LogP contribution in [-0.4, -0.2) is 36.5 Å². The highest BCUT2D eigenvalue weighted by Crippen LogP contribution is 2.31. The van der Waals surface area contributed by atoms with Crippen LogP contribution in [0.1, 0.15) is 33.3 Å². The van der Waals surface area contributed by atoms with Gasteiger partial charge >= 0.3 is 5.97 Å². The summed E-state index contributed by atoms with van der Waals surface area (Å²) in [5, 5.41) is 10.3. The molecule has 0 heterocycles. The Kier molecular flexibility index (Phi) is 6.61. The summed E-state index contributed by atoms with van der Waals surface area (Å²) < 4.78 is 50.8. The number of benzene rings is 1. The number of nitrogens with zero attached hydrogens (tertiary/aromatic N) is 1. The number of carbonyl (C=O) groups is 1. The number of aliphatic imine (C=N–C) groups is 1. The molecule has 0 aliphatic carbocycles. The highest BCUT2D eigenvalue weighted by molar-refractivity contribution is 6.15. The molecule has 0 radical (unpaired) electrons. The molecule has 0 atom stereocenters. The van der Waals surface area contributed by atoms with E-state index < -0.39 is 51.6 Å². The average molecular weight is 359 g/mol. The van der Waals surface area contributed by atoms with Gasteiger partial charge in [-0.2, -0.15) is 4.39 Å². The molecule has 0 aliphatic rings. The van der Waals surface area contributed by atoms with Gasteiger partial charge in [0.1, 0.15) is 11.3 Å². The third-order valence-corrected chi connectivity index (χ3v) is 2.91. The minimum atomic E-state index is -1.54. The van der Waals surface area contributed by atoms with Gasteiger partial charge in [-0.3, -0.25) is 4.99 Å². The third kappa shape index (κ3) is 4.98. The number of esters is 1. The molecule has 0 fully saturated rings. The quantitative estimate of drug-likeness (QED) is 0.285. The molecule has 25 heavy (non-hydrogen) atoms. The first-order valence-corrected chi connectivity index (χ1v) is 7.40. The first-order chi connectivity index (χ1) is 11.5. The number of aliphatic hydroxyl groups excluding tert-OH is 1. The first-order valence-electron chi connectivity index (χ1n) is 7.40. The lowest BCUT2D eigenvalue weighted by Gasteiger charge is -2.14. The fourth-order valence-corrected chi connectivity index (χ4v) is 1.75. The van der Waals surface area contributed by atoms with E-state index in [1.54, 1.807) is 20.8 Å². The number of hydrogen-bond donors (Lipinski definition) is 1. The van der Waals surface area contributed by atoms with Gasteiger partial charge in [0.05, 0.1) is 24.8 Å². The summed E-state index contributed by atoms with van der Waals surface area (Å²) in [4.78, 5) is 16.1. The lowest BCUT2D eigenvalue weighted by molar-refractivity contribution is -0.137. The van der Waals surface area contributed by atoms with Gasteiger partial charge in [0.2, 0.25) is 5.82 Å². The van der Waals surface area contributed by atoms with Crippen LogP contribution in [0.4, 0.5) is 13.2 Å². The lowest BCUT2D eigenvalue weighted by Crippen LogP contribution is -2.16. The number of methoxy groups -OCH3 is 1. The molecule has 1 N–H and O–H groups in total. The van der Waals surface area contributed by atoms with Crippen molar-refractivity contribution in [1.29, 1.82) is 0 Å². The molecule has 5 nitrogen and oxygen atoms in total. The fraction of sp³-hybridized carbons (Fsp3) is 0.412. The minimum Gasteiger partial charge on any atom is -0.506 e. The second-order valence-corrected chi connectivity index (χ2v) is 5.98.